The highest BCUT2D eigenvalue weighted by Crippen LogP contribution is 2.14. The number of nitrogens with two attached hydrogens (primary N) is 2. The van der Waals surface area contributed by atoms with Gasteiger partial charge in [0.1, 0.15) is 0 Å². The Morgan fingerprint density at radius 3 is 1.79 bits per heavy atom. The maximum atomic E-state index is 10.7. The Bertz CT molecular complexity index is 256. The average molecular weight is 270 g/mol. The number of rotatable bonds is 2. The first-order valence-corrected chi connectivity index (χ1v) is 7.39. The molecule has 0 aromatic heterocycles. The molecule has 0 radical (unpaired) electrons. The zero-order valence-electron chi connectivity index (χ0n) is 12.5. The van der Waals surface area contributed by atoms with Crippen LogP contribution >= 0.6 is 0 Å². The third-order valence-corrected chi connectivity index (χ3v) is 4.29. The average Bonchev–Trinajstić information content (AvgIpc) is 2.41. The molecule has 112 valence electrons. The Hall–Kier alpha value is -0.650. The molecule has 19 heavy (non-hydrogen) atoms. The highest BCUT2D eigenvalue weighted by Gasteiger charge is 2.20. The van der Waals surface area contributed by atoms with E-state index < -0.39 is 0 Å². The third-order valence-electron chi connectivity index (χ3n) is 4.29. The van der Waals surface area contributed by atoms with Crippen LogP contribution in [0.3, 0.4) is 0 Å². The van der Waals surface area contributed by atoms with Crippen molar-refractivity contribution in [1.29, 1.82) is 0 Å². The van der Waals surface area contributed by atoms with E-state index in [0.29, 0.717) is 0 Å². The number of hydrogen-bond donors (Lipinski definition) is 2. The van der Waals surface area contributed by atoms with Crippen molar-refractivity contribution in [3.8, 4) is 0 Å². The Morgan fingerprint density at radius 1 is 1.00 bits per heavy atom. The van der Waals surface area contributed by atoms with Crippen molar-refractivity contribution in [3.63, 3.8) is 0 Å². The fraction of sp³-hybridized carbons (Fsp3) is 0.929. The molecule has 2 fully saturated rings. The first-order valence-electron chi connectivity index (χ1n) is 7.39. The van der Waals surface area contributed by atoms with E-state index in [1.165, 1.54) is 25.9 Å². The van der Waals surface area contributed by atoms with Crippen LogP contribution in [0.25, 0.3) is 0 Å². The van der Waals surface area contributed by atoms with Crippen LogP contribution < -0.4 is 11.5 Å². The molecule has 2 aliphatic heterocycles. The maximum Gasteiger partial charge on any atom is 0.220 e. The van der Waals surface area contributed by atoms with E-state index in [0.717, 1.165) is 38.4 Å². The van der Waals surface area contributed by atoms with Gasteiger partial charge >= 0.3 is 0 Å². The summed E-state index contributed by atoms with van der Waals surface area (Å²) in [6.07, 6.45) is 4.47. The van der Waals surface area contributed by atoms with Crippen molar-refractivity contribution in [3.05, 3.63) is 0 Å². The van der Waals surface area contributed by atoms with Crippen molar-refractivity contribution < 1.29 is 4.79 Å². The second kappa shape index (κ2) is 8.51. The van der Waals surface area contributed by atoms with Crippen LogP contribution in [0, 0.1) is 11.8 Å². The van der Waals surface area contributed by atoms with Gasteiger partial charge in [-0.2, -0.15) is 0 Å². The summed E-state index contributed by atoms with van der Waals surface area (Å²) in [5, 5.41) is 0. The quantitative estimate of drug-likeness (QED) is 0.746. The van der Waals surface area contributed by atoms with Gasteiger partial charge in [0.15, 0.2) is 0 Å². The molecule has 0 unspecified atom stereocenters. The summed E-state index contributed by atoms with van der Waals surface area (Å²) < 4.78 is 0. The number of nitrogens with zero attached hydrogens (tertiary/aromatic N) is 2. The molecular formula is C14H30N4O. The molecular weight excluding hydrogens is 240 g/mol. The summed E-state index contributed by atoms with van der Waals surface area (Å²) in [6.45, 7) is 5.37. The number of primary amides is 1. The standard InChI is InChI=1S/C7H14N2O.C7H16N2/c1-9-4-2-6(3-5-9)7(8)10;1-9-4-2-7(6-8)3-5-9/h6H,2-5H2,1H3,(H2,8,10);7H,2-6,8H2,1H3. The van der Waals surface area contributed by atoms with E-state index in [-0.39, 0.29) is 11.8 Å². The van der Waals surface area contributed by atoms with E-state index in [2.05, 4.69) is 23.9 Å². The minimum atomic E-state index is -0.131. The molecule has 0 aromatic carbocycles. The summed E-state index contributed by atoms with van der Waals surface area (Å²) in [7, 11) is 4.24. The Kier molecular flexibility index (Phi) is 7.34. The molecule has 5 nitrogen and oxygen atoms in total. The summed E-state index contributed by atoms with van der Waals surface area (Å²) in [6, 6.07) is 0. The lowest BCUT2D eigenvalue weighted by molar-refractivity contribution is -0.123. The van der Waals surface area contributed by atoms with Gasteiger partial charge in [-0.1, -0.05) is 0 Å². The predicted octanol–water partition coefficient (Wildman–Crippen LogP) is 0.100. The summed E-state index contributed by atoms with van der Waals surface area (Å²) >= 11 is 0. The molecule has 2 rings (SSSR count). The highest BCUT2D eigenvalue weighted by molar-refractivity contribution is 5.76. The van der Waals surface area contributed by atoms with Crippen LogP contribution in [-0.4, -0.2) is 62.5 Å². The Morgan fingerprint density at radius 2 is 1.42 bits per heavy atom. The lowest BCUT2D eigenvalue weighted by atomic mass is 9.97. The number of carbonyl (C=O) groups is 1. The Labute approximate surface area is 117 Å². The van der Waals surface area contributed by atoms with Crippen LogP contribution in [-0.2, 0) is 4.79 Å². The van der Waals surface area contributed by atoms with Crippen molar-refractivity contribution in [2.75, 3.05) is 46.8 Å². The molecule has 2 saturated heterocycles. The van der Waals surface area contributed by atoms with Crippen LogP contribution in [0.15, 0.2) is 0 Å². The molecule has 0 aliphatic carbocycles. The van der Waals surface area contributed by atoms with Gasteiger partial charge in [-0.05, 0) is 78.4 Å². The summed E-state index contributed by atoms with van der Waals surface area (Å²) in [4.78, 5) is 15.3. The van der Waals surface area contributed by atoms with E-state index in [1.807, 2.05) is 0 Å². The summed E-state index contributed by atoms with van der Waals surface area (Å²) in [5.41, 5.74) is 10.7. The molecule has 2 heterocycles. The van der Waals surface area contributed by atoms with Crippen LogP contribution in [0.2, 0.25) is 0 Å². The molecule has 0 atom stereocenters. The second-order valence-corrected chi connectivity index (χ2v) is 5.96. The number of piperidine rings is 2. The fourth-order valence-corrected chi connectivity index (χ4v) is 2.59. The Balaban J connectivity index is 0.000000191. The first-order chi connectivity index (χ1) is 9.02. The van der Waals surface area contributed by atoms with Crippen molar-refractivity contribution in [2.45, 2.75) is 25.7 Å². The number of hydrogen-bond acceptors (Lipinski definition) is 4. The van der Waals surface area contributed by atoms with Crippen molar-refractivity contribution >= 4 is 5.91 Å². The largest absolute Gasteiger partial charge is 0.369 e. The second-order valence-electron chi connectivity index (χ2n) is 5.96. The third kappa shape index (κ3) is 6.36. The number of amides is 1. The van der Waals surface area contributed by atoms with Crippen LogP contribution in [0.1, 0.15) is 25.7 Å². The van der Waals surface area contributed by atoms with Gasteiger partial charge in [0.25, 0.3) is 0 Å². The van der Waals surface area contributed by atoms with Crippen LogP contribution in [0.4, 0.5) is 0 Å². The van der Waals surface area contributed by atoms with Gasteiger partial charge in [-0.15, -0.1) is 0 Å². The molecule has 0 saturated carbocycles. The highest BCUT2D eigenvalue weighted by atomic mass is 16.1. The van der Waals surface area contributed by atoms with E-state index in [1.54, 1.807) is 0 Å². The summed E-state index contributed by atoms with van der Waals surface area (Å²) in [5.74, 6) is 0.811. The zero-order chi connectivity index (χ0) is 14.3. The van der Waals surface area contributed by atoms with Crippen molar-refractivity contribution in [1.82, 2.24) is 9.80 Å². The van der Waals surface area contributed by atoms with E-state index >= 15 is 0 Å². The molecule has 1 amide bonds. The van der Waals surface area contributed by atoms with Gasteiger partial charge in [-0.3, -0.25) is 4.79 Å². The molecule has 0 aromatic rings. The predicted molar refractivity (Wildman–Crippen MR) is 78.7 cm³/mol. The lowest BCUT2D eigenvalue weighted by Crippen LogP contribution is -2.36. The van der Waals surface area contributed by atoms with E-state index in [9.17, 15) is 4.79 Å². The molecule has 2 aliphatic rings. The minimum Gasteiger partial charge on any atom is -0.369 e. The maximum absolute atomic E-state index is 10.7. The fourth-order valence-electron chi connectivity index (χ4n) is 2.59. The molecule has 0 spiro atoms. The van der Waals surface area contributed by atoms with Gasteiger partial charge in [0.05, 0.1) is 0 Å². The SMILES string of the molecule is CN1CCC(C(N)=O)CC1.CN1CCC(CN)CC1. The normalized spacial score (nSPS) is 23.7. The van der Waals surface area contributed by atoms with Gasteiger partial charge in [-0.25, -0.2) is 0 Å². The van der Waals surface area contributed by atoms with Crippen molar-refractivity contribution in [2.24, 2.45) is 23.3 Å². The topological polar surface area (TPSA) is 75.6 Å². The zero-order valence-corrected chi connectivity index (χ0v) is 12.5. The monoisotopic (exact) mass is 270 g/mol. The minimum absolute atomic E-state index is 0.131. The van der Waals surface area contributed by atoms with E-state index in [4.69, 9.17) is 11.5 Å². The van der Waals surface area contributed by atoms with Gasteiger partial charge in [0, 0.05) is 5.92 Å². The van der Waals surface area contributed by atoms with Gasteiger partial charge in [0.2, 0.25) is 5.91 Å². The van der Waals surface area contributed by atoms with Gasteiger partial charge < -0.3 is 21.3 Å². The lowest BCUT2D eigenvalue weighted by Gasteiger charge is -2.27. The molecule has 4 N–H and O–H groups in total. The van der Waals surface area contributed by atoms with Crippen LogP contribution in [0.5, 0.6) is 0 Å². The number of likely N-dealkylation sites (tertiary alicyclic amines) is 2. The number of carbonyl (C=O) groups excluding carboxylic acids is 1. The first kappa shape index (κ1) is 16.4. The molecule has 5 heteroatoms. The smallest absolute Gasteiger partial charge is 0.220 e. The molecule has 0 bridgehead atoms.